The molecule has 3 aliphatic rings. The summed E-state index contributed by atoms with van der Waals surface area (Å²) in [6.07, 6.45) is 8.04. The molecule has 0 radical (unpaired) electrons. The summed E-state index contributed by atoms with van der Waals surface area (Å²) in [7, 11) is 1.36. The molecular weight excluding hydrogens is 576 g/mol. The lowest BCUT2D eigenvalue weighted by Crippen LogP contribution is -2.59. The van der Waals surface area contributed by atoms with Crippen molar-refractivity contribution in [1.29, 1.82) is 0 Å². The first-order valence-electron chi connectivity index (χ1n) is 15.6. The first kappa shape index (κ1) is 30.8. The van der Waals surface area contributed by atoms with Crippen LogP contribution in [0.3, 0.4) is 0 Å². The standard InChI is InChI=1S/C35H40N2O8/c1-20-15-24-19-36-37(25-8-5-7-23(16-25)31(39)43-4)28(24)17-22(20)10-11-26-21(2)29(38)18-34(3)27(26)12-13-35(34,33(41)42)45-32(40)30-9-6-14-44-30/h5-9,14,16-17,19-21,26-27,29,38H,10-13,15,18H2,1-4H3,(H,41,42)/t20-,21-,26-,27+,29+,34+,35+/m1/s1. The van der Waals surface area contributed by atoms with Crippen LogP contribution in [-0.4, -0.2) is 56.7 Å². The van der Waals surface area contributed by atoms with Crippen LogP contribution in [0.5, 0.6) is 0 Å². The number of carboxylic acid groups (broad SMARTS) is 1. The van der Waals surface area contributed by atoms with Gasteiger partial charge in [-0.1, -0.05) is 32.4 Å². The van der Waals surface area contributed by atoms with Crippen LogP contribution in [-0.2, 0) is 20.7 Å². The number of esters is 2. The van der Waals surface area contributed by atoms with E-state index in [1.54, 1.807) is 18.2 Å². The zero-order valence-electron chi connectivity index (χ0n) is 26.1. The van der Waals surface area contributed by atoms with E-state index in [1.807, 2.05) is 36.9 Å². The first-order valence-corrected chi connectivity index (χ1v) is 15.6. The zero-order chi connectivity index (χ0) is 32.1. The van der Waals surface area contributed by atoms with E-state index in [0.29, 0.717) is 12.0 Å². The van der Waals surface area contributed by atoms with Gasteiger partial charge in [-0.15, -0.1) is 0 Å². The van der Waals surface area contributed by atoms with Gasteiger partial charge in [-0.25, -0.2) is 19.1 Å². The van der Waals surface area contributed by atoms with Crippen molar-refractivity contribution in [1.82, 2.24) is 9.78 Å². The molecule has 10 heteroatoms. The number of aromatic nitrogens is 2. The highest BCUT2D eigenvalue weighted by Crippen LogP contribution is 2.63. The third kappa shape index (κ3) is 5.09. The summed E-state index contributed by atoms with van der Waals surface area (Å²) in [5.41, 5.74) is 1.85. The lowest BCUT2D eigenvalue weighted by atomic mass is 9.55. The number of aliphatic carboxylic acids is 1. The van der Waals surface area contributed by atoms with E-state index in [1.165, 1.54) is 25.0 Å². The quantitative estimate of drug-likeness (QED) is 0.304. The summed E-state index contributed by atoms with van der Waals surface area (Å²) in [5.74, 6) is -2.24. The molecule has 2 N–H and O–H groups in total. The molecule has 10 nitrogen and oxygen atoms in total. The molecule has 2 heterocycles. The number of hydrogen-bond donors (Lipinski definition) is 2. The highest BCUT2D eigenvalue weighted by Gasteiger charge is 2.68. The summed E-state index contributed by atoms with van der Waals surface area (Å²) < 4.78 is 17.8. The van der Waals surface area contributed by atoms with E-state index < -0.39 is 35.0 Å². The number of hydrogen-bond acceptors (Lipinski definition) is 8. The Hall–Kier alpha value is -4.18. The minimum atomic E-state index is -1.77. The minimum absolute atomic E-state index is 0.0263. The van der Waals surface area contributed by atoms with Gasteiger partial charge in [0.2, 0.25) is 11.4 Å². The van der Waals surface area contributed by atoms with Crippen LogP contribution >= 0.6 is 0 Å². The summed E-state index contributed by atoms with van der Waals surface area (Å²) in [4.78, 5) is 38.0. The molecular formula is C35H40N2O8. The van der Waals surface area contributed by atoms with Crippen molar-refractivity contribution >= 4 is 24.0 Å². The SMILES string of the molecule is COC(=O)c1cccc(-n2ncc3c2C=C(CC[C@@H]2[C@@H](C)[C@@H](O)C[C@@]4(C)[C@H]2CC[C@]4(OC(=O)c2ccco2)C(=O)O)[C@H](C)C3)c1. The van der Waals surface area contributed by atoms with E-state index in [9.17, 15) is 24.6 Å². The fourth-order valence-corrected chi connectivity index (χ4v) is 8.39. The van der Waals surface area contributed by atoms with E-state index in [2.05, 4.69) is 18.1 Å². The molecule has 3 aromatic rings. The highest BCUT2D eigenvalue weighted by molar-refractivity contribution is 5.91. The van der Waals surface area contributed by atoms with Gasteiger partial charge in [0, 0.05) is 5.41 Å². The number of methoxy groups -OCH3 is 1. The third-order valence-electron chi connectivity index (χ3n) is 11.0. The maximum atomic E-state index is 13.0. The number of furan rings is 1. The monoisotopic (exact) mass is 616 g/mol. The highest BCUT2D eigenvalue weighted by atomic mass is 16.6. The Labute approximate surface area is 262 Å². The van der Waals surface area contributed by atoms with Gasteiger partial charge >= 0.3 is 17.9 Å². The van der Waals surface area contributed by atoms with Crippen molar-refractivity contribution in [2.75, 3.05) is 7.11 Å². The van der Waals surface area contributed by atoms with Gasteiger partial charge in [-0.05, 0) is 104 Å². The number of rotatable bonds is 8. The Balaban J connectivity index is 1.26. The van der Waals surface area contributed by atoms with Crippen molar-refractivity contribution in [2.45, 2.75) is 71.0 Å². The average molecular weight is 617 g/mol. The molecule has 6 rings (SSSR count). The number of aliphatic hydroxyl groups is 1. The molecule has 0 saturated heterocycles. The van der Waals surface area contributed by atoms with Crippen LogP contribution in [0.4, 0.5) is 0 Å². The van der Waals surface area contributed by atoms with Crippen LogP contribution in [0.25, 0.3) is 11.8 Å². The molecule has 0 aliphatic heterocycles. The lowest BCUT2D eigenvalue weighted by molar-refractivity contribution is -0.187. The van der Waals surface area contributed by atoms with Crippen molar-refractivity contribution in [3.8, 4) is 5.69 Å². The smallest absolute Gasteiger partial charge is 0.375 e. The molecule has 2 fully saturated rings. The summed E-state index contributed by atoms with van der Waals surface area (Å²) in [6, 6.07) is 10.2. The Morgan fingerprint density at radius 3 is 2.67 bits per heavy atom. The predicted molar refractivity (Wildman–Crippen MR) is 164 cm³/mol. The van der Waals surface area contributed by atoms with Gasteiger partial charge in [-0.3, -0.25) is 0 Å². The molecule has 0 bridgehead atoms. The van der Waals surface area contributed by atoms with Crippen molar-refractivity contribution < 1.29 is 38.5 Å². The fourth-order valence-electron chi connectivity index (χ4n) is 8.39. The van der Waals surface area contributed by atoms with Crippen LogP contribution in [0.2, 0.25) is 0 Å². The topological polar surface area (TPSA) is 141 Å². The Morgan fingerprint density at radius 1 is 1.16 bits per heavy atom. The van der Waals surface area contributed by atoms with Crippen LogP contribution in [0.1, 0.15) is 85.0 Å². The fraction of sp³-hybridized carbons (Fsp3) is 0.486. The molecule has 238 valence electrons. The number of carboxylic acids is 1. The van der Waals surface area contributed by atoms with Crippen molar-refractivity contribution in [2.24, 2.45) is 29.1 Å². The number of carbonyl (C=O) groups is 3. The second-order valence-electron chi connectivity index (χ2n) is 13.2. The van der Waals surface area contributed by atoms with E-state index in [4.69, 9.17) is 13.9 Å². The number of allylic oxidation sites excluding steroid dienone is 1. The number of carbonyl (C=O) groups excluding carboxylic acids is 2. The van der Waals surface area contributed by atoms with E-state index in [-0.39, 0.29) is 42.3 Å². The average Bonchev–Trinajstić information content (AvgIpc) is 3.76. The van der Waals surface area contributed by atoms with Gasteiger partial charge in [0.1, 0.15) is 0 Å². The molecule has 45 heavy (non-hydrogen) atoms. The van der Waals surface area contributed by atoms with Gasteiger partial charge in [-0.2, -0.15) is 5.10 Å². The molecule has 2 saturated carbocycles. The third-order valence-corrected chi connectivity index (χ3v) is 11.0. The maximum absolute atomic E-state index is 13.0. The van der Waals surface area contributed by atoms with Gasteiger partial charge in [0.15, 0.2) is 0 Å². The molecule has 7 atom stereocenters. The number of benzene rings is 1. The Bertz CT molecular complexity index is 1640. The second-order valence-corrected chi connectivity index (χ2v) is 13.2. The number of aliphatic hydroxyl groups excluding tert-OH is 1. The lowest BCUT2D eigenvalue weighted by Gasteiger charge is -2.52. The molecule has 0 spiro atoms. The molecule has 1 aromatic carbocycles. The summed E-state index contributed by atoms with van der Waals surface area (Å²) >= 11 is 0. The summed E-state index contributed by atoms with van der Waals surface area (Å²) in [6.45, 7) is 6.11. The van der Waals surface area contributed by atoms with Gasteiger partial charge in [0.25, 0.3) is 0 Å². The Morgan fingerprint density at radius 2 is 1.96 bits per heavy atom. The Kier molecular flexibility index (Phi) is 7.97. The second kappa shape index (κ2) is 11.6. The van der Waals surface area contributed by atoms with Crippen LogP contribution < -0.4 is 0 Å². The zero-order valence-corrected chi connectivity index (χ0v) is 26.1. The molecule has 2 aromatic heterocycles. The van der Waals surface area contributed by atoms with Gasteiger partial charge in [0.05, 0.1) is 42.6 Å². The summed E-state index contributed by atoms with van der Waals surface area (Å²) in [5, 5.41) is 26.5. The number of ether oxygens (including phenoxy) is 2. The predicted octanol–water partition coefficient (Wildman–Crippen LogP) is 5.72. The first-order chi connectivity index (χ1) is 21.5. The number of nitrogens with zero attached hydrogens (tertiary/aromatic N) is 2. The van der Waals surface area contributed by atoms with Crippen LogP contribution in [0.15, 0.2) is 58.8 Å². The minimum Gasteiger partial charge on any atom is -0.478 e. The largest absolute Gasteiger partial charge is 0.478 e. The van der Waals surface area contributed by atoms with Crippen LogP contribution in [0, 0.1) is 29.1 Å². The molecule has 0 unspecified atom stereocenters. The number of fused-ring (bicyclic) bond motifs is 2. The van der Waals surface area contributed by atoms with Crippen molar-refractivity contribution in [3.05, 3.63) is 77.0 Å². The van der Waals surface area contributed by atoms with Gasteiger partial charge < -0.3 is 24.1 Å². The molecule has 0 amide bonds. The van der Waals surface area contributed by atoms with E-state index in [0.717, 1.165) is 36.2 Å². The normalized spacial score (nSPS) is 30.6. The van der Waals surface area contributed by atoms with E-state index >= 15 is 0 Å². The maximum Gasteiger partial charge on any atom is 0.375 e. The van der Waals surface area contributed by atoms with Crippen molar-refractivity contribution in [3.63, 3.8) is 0 Å². The molecule has 3 aliphatic carbocycles.